The third-order valence-corrected chi connectivity index (χ3v) is 4.89. The van der Waals surface area contributed by atoms with Gasteiger partial charge >= 0.3 is 0 Å². The summed E-state index contributed by atoms with van der Waals surface area (Å²) in [6.45, 7) is 2.37. The van der Waals surface area contributed by atoms with Crippen LogP contribution in [0.25, 0.3) is 0 Å². The normalized spacial score (nSPS) is 31.7. The maximum atomic E-state index is 6.49. The van der Waals surface area contributed by atoms with Gasteiger partial charge in [0.2, 0.25) is 0 Å². The van der Waals surface area contributed by atoms with Crippen molar-refractivity contribution in [3.63, 3.8) is 0 Å². The average Bonchev–Trinajstić information content (AvgIpc) is 2.77. The average molecular weight is 259 g/mol. The second-order valence-electron chi connectivity index (χ2n) is 6.25. The van der Waals surface area contributed by atoms with Crippen molar-refractivity contribution in [3.05, 3.63) is 35.4 Å². The van der Waals surface area contributed by atoms with Crippen LogP contribution in [0.3, 0.4) is 0 Å². The van der Waals surface area contributed by atoms with Crippen molar-refractivity contribution in [2.45, 2.75) is 37.4 Å². The monoisotopic (exact) mass is 259 g/mol. The third kappa shape index (κ3) is 2.42. The van der Waals surface area contributed by atoms with E-state index < -0.39 is 0 Å². The van der Waals surface area contributed by atoms with Crippen LogP contribution in [-0.2, 0) is 6.42 Å². The van der Waals surface area contributed by atoms with Crippen LogP contribution in [-0.4, -0.2) is 49.1 Å². The van der Waals surface area contributed by atoms with Crippen LogP contribution in [0.15, 0.2) is 24.3 Å². The molecule has 2 aliphatic rings. The molecule has 0 aromatic heterocycles. The van der Waals surface area contributed by atoms with Crippen molar-refractivity contribution in [2.75, 3.05) is 27.2 Å². The molecular weight excluding hydrogens is 234 g/mol. The maximum absolute atomic E-state index is 6.49. The van der Waals surface area contributed by atoms with Crippen molar-refractivity contribution in [1.82, 2.24) is 9.80 Å². The van der Waals surface area contributed by atoms with Crippen molar-refractivity contribution >= 4 is 0 Å². The van der Waals surface area contributed by atoms with E-state index in [1.807, 2.05) is 0 Å². The first-order valence-corrected chi connectivity index (χ1v) is 7.40. The van der Waals surface area contributed by atoms with Crippen LogP contribution < -0.4 is 5.73 Å². The zero-order valence-corrected chi connectivity index (χ0v) is 12.0. The minimum absolute atomic E-state index is 0.192. The summed E-state index contributed by atoms with van der Waals surface area (Å²) in [5.74, 6) is 0. The molecule has 3 unspecified atom stereocenters. The molecule has 3 rings (SSSR count). The summed E-state index contributed by atoms with van der Waals surface area (Å²) in [7, 11) is 4.38. The van der Waals surface area contributed by atoms with Gasteiger partial charge in [0.15, 0.2) is 0 Å². The lowest BCUT2D eigenvalue weighted by atomic mass is 10.00. The molecule has 1 aromatic carbocycles. The smallest absolute Gasteiger partial charge is 0.0459 e. The molecule has 1 heterocycles. The Labute approximate surface area is 116 Å². The Morgan fingerprint density at radius 1 is 1.26 bits per heavy atom. The molecule has 1 aliphatic carbocycles. The Hall–Kier alpha value is -0.900. The summed E-state index contributed by atoms with van der Waals surface area (Å²) in [5.41, 5.74) is 9.30. The lowest BCUT2D eigenvalue weighted by molar-refractivity contribution is 0.0891. The van der Waals surface area contributed by atoms with Crippen LogP contribution in [0.1, 0.15) is 30.0 Å². The molecule has 1 aromatic rings. The molecule has 3 nitrogen and oxygen atoms in total. The Morgan fingerprint density at radius 3 is 2.79 bits per heavy atom. The topological polar surface area (TPSA) is 32.5 Å². The van der Waals surface area contributed by atoms with Gasteiger partial charge in [-0.2, -0.15) is 0 Å². The molecular formula is C16H25N3. The van der Waals surface area contributed by atoms with Crippen LogP contribution >= 0.6 is 0 Å². The van der Waals surface area contributed by atoms with Gasteiger partial charge in [-0.3, -0.25) is 4.90 Å². The number of piperidine rings is 1. The summed E-state index contributed by atoms with van der Waals surface area (Å²) in [6.07, 6.45) is 3.73. The molecule has 2 N–H and O–H groups in total. The van der Waals surface area contributed by atoms with Gasteiger partial charge in [0.25, 0.3) is 0 Å². The maximum Gasteiger partial charge on any atom is 0.0459 e. The number of nitrogens with two attached hydrogens (primary N) is 1. The van der Waals surface area contributed by atoms with Crippen LogP contribution in [0.2, 0.25) is 0 Å². The van der Waals surface area contributed by atoms with Crippen LogP contribution in [0.5, 0.6) is 0 Å². The summed E-state index contributed by atoms with van der Waals surface area (Å²) in [4.78, 5) is 4.98. The molecule has 104 valence electrons. The van der Waals surface area contributed by atoms with E-state index in [1.54, 1.807) is 0 Å². The molecule has 0 bridgehead atoms. The Balaban J connectivity index is 1.74. The van der Waals surface area contributed by atoms with E-state index in [4.69, 9.17) is 5.73 Å². The fourth-order valence-corrected chi connectivity index (χ4v) is 3.67. The quantitative estimate of drug-likeness (QED) is 0.876. The molecule has 19 heavy (non-hydrogen) atoms. The summed E-state index contributed by atoms with van der Waals surface area (Å²) in [6, 6.07) is 10.1. The highest BCUT2D eigenvalue weighted by Gasteiger charge is 2.36. The van der Waals surface area contributed by atoms with Gasteiger partial charge in [0.1, 0.15) is 0 Å². The molecule has 0 saturated carbocycles. The SMILES string of the molecule is CN(C)C1CCCN(C2Cc3ccccc3C2N)C1. The Morgan fingerprint density at radius 2 is 2.05 bits per heavy atom. The lowest BCUT2D eigenvalue weighted by Gasteiger charge is -2.40. The summed E-state index contributed by atoms with van der Waals surface area (Å²) in [5, 5.41) is 0. The molecule has 0 amide bonds. The second kappa shape index (κ2) is 5.23. The zero-order valence-electron chi connectivity index (χ0n) is 12.0. The highest BCUT2D eigenvalue weighted by atomic mass is 15.2. The molecule has 0 radical (unpaired) electrons. The van der Waals surface area contributed by atoms with Crippen molar-refractivity contribution < 1.29 is 0 Å². The van der Waals surface area contributed by atoms with E-state index in [-0.39, 0.29) is 6.04 Å². The number of likely N-dealkylation sites (tertiary alicyclic amines) is 1. The molecule has 1 aliphatic heterocycles. The van der Waals surface area contributed by atoms with Crippen LogP contribution in [0, 0.1) is 0 Å². The van der Waals surface area contributed by atoms with Gasteiger partial charge in [-0.05, 0) is 51.0 Å². The van der Waals surface area contributed by atoms with Gasteiger partial charge < -0.3 is 10.6 Å². The molecule has 1 fully saturated rings. The predicted molar refractivity (Wildman–Crippen MR) is 79.1 cm³/mol. The number of fused-ring (bicyclic) bond motifs is 1. The zero-order chi connectivity index (χ0) is 13.4. The number of likely N-dealkylation sites (N-methyl/N-ethyl adjacent to an activating group) is 1. The Kier molecular flexibility index (Phi) is 3.61. The third-order valence-electron chi connectivity index (χ3n) is 4.89. The van der Waals surface area contributed by atoms with E-state index in [9.17, 15) is 0 Å². The second-order valence-corrected chi connectivity index (χ2v) is 6.25. The first-order chi connectivity index (χ1) is 9.16. The standard InChI is InChI=1S/C16H25N3/c1-18(2)13-7-5-9-19(11-13)15-10-12-6-3-4-8-14(12)16(15)17/h3-4,6,8,13,15-16H,5,7,9-11,17H2,1-2H3. The predicted octanol–water partition coefficient (Wildman–Crippen LogP) is 1.64. The molecule has 1 saturated heterocycles. The Bertz CT molecular complexity index is 443. The lowest BCUT2D eigenvalue weighted by Crippen LogP contribution is -2.51. The number of nitrogens with zero attached hydrogens (tertiary/aromatic N) is 2. The first kappa shape index (κ1) is 13.1. The fourth-order valence-electron chi connectivity index (χ4n) is 3.67. The van der Waals surface area contributed by atoms with E-state index >= 15 is 0 Å². The van der Waals surface area contributed by atoms with Gasteiger partial charge in [-0.15, -0.1) is 0 Å². The van der Waals surface area contributed by atoms with Gasteiger partial charge in [0, 0.05) is 24.7 Å². The largest absolute Gasteiger partial charge is 0.323 e. The van der Waals surface area contributed by atoms with Crippen molar-refractivity contribution in [2.24, 2.45) is 5.73 Å². The van der Waals surface area contributed by atoms with Crippen LogP contribution in [0.4, 0.5) is 0 Å². The van der Waals surface area contributed by atoms with Gasteiger partial charge in [0.05, 0.1) is 0 Å². The highest BCUT2D eigenvalue weighted by Crippen LogP contribution is 2.34. The number of hydrogen-bond donors (Lipinski definition) is 1. The molecule has 0 spiro atoms. The number of benzene rings is 1. The van der Waals surface area contributed by atoms with E-state index in [0.29, 0.717) is 12.1 Å². The molecule has 3 atom stereocenters. The molecule has 3 heteroatoms. The minimum Gasteiger partial charge on any atom is -0.323 e. The van der Waals surface area contributed by atoms with Gasteiger partial charge in [-0.1, -0.05) is 24.3 Å². The van der Waals surface area contributed by atoms with E-state index in [2.05, 4.69) is 48.2 Å². The van der Waals surface area contributed by atoms with E-state index in [1.165, 1.54) is 37.1 Å². The highest BCUT2D eigenvalue weighted by molar-refractivity contribution is 5.36. The fraction of sp³-hybridized carbons (Fsp3) is 0.625. The van der Waals surface area contributed by atoms with E-state index in [0.717, 1.165) is 6.42 Å². The van der Waals surface area contributed by atoms with Crippen molar-refractivity contribution in [3.8, 4) is 0 Å². The summed E-state index contributed by atoms with van der Waals surface area (Å²) >= 11 is 0. The van der Waals surface area contributed by atoms with Crippen molar-refractivity contribution in [1.29, 1.82) is 0 Å². The minimum atomic E-state index is 0.192. The first-order valence-electron chi connectivity index (χ1n) is 7.40. The summed E-state index contributed by atoms with van der Waals surface area (Å²) < 4.78 is 0. The number of hydrogen-bond acceptors (Lipinski definition) is 3. The van der Waals surface area contributed by atoms with Gasteiger partial charge in [-0.25, -0.2) is 0 Å². The number of rotatable bonds is 2.